The minimum atomic E-state index is -0.279. The van der Waals surface area contributed by atoms with Gasteiger partial charge in [0.25, 0.3) is 0 Å². The predicted molar refractivity (Wildman–Crippen MR) is 126 cm³/mol. The van der Waals surface area contributed by atoms with Crippen molar-refractivity contribution in [3.63, 3.8) is 0 Å². The van der Waals surface area contributed by atoms with Crippen molar-refractivity contribution in [1.82, 2.24) is 20.0 Å². The molecule has 1 N–H and O–H groups in total. The molecule has 0 radical (unpaired) electrons. The number of amides is 1. The van der Waals surface area contributed by atoms with Crippen molar-refractivity contribution in [3.8, 4) is 0 Å². The Hall–Kier alpha value is -0.570. The largest absolute Gasteiger partial charge is 0.357 e. The van der Waals surface area contributed by atoms with E-state index in [0.29, 0.717) is 6.54 Å². The Morgan fingerprint density at radius 2 is 1.82 bits per heavy atom. The highest BCUT2D eigenvalue weighted by Crippen LogP contribution is 2.40. The first-order valence-corrected chi connectivity index (χ1v) is 11.0. The molecule has 2 aliphatic heterocycles. The van der Waals surface area contributed by atoms with Gasteiger partial charge in [-0.05, 0) is 58.0 Å². The van der Waals surface area contributed by atoms with Gasteiger partial charge in [-0.15, -0.1) is 24.0 Å². The van der Waals surface area contributed by atoms with Gasteiger partial charge in [0.1, 0.15) is 0 Å². The predicted octanol–water partition coefficient (Wildman–Crippen LogP) is 2.64. The second-order valence-corrected chi connectivity index (χ2v) is 8.97. The van der Waals surface area contributed by atoms with Crippen LogP contribution in [-0.4, -0.2) is 86.5 Å². The number of rotatable bonds is 6. The fourth-order valence-electron chi connectivity index (χ4n) is 5.12. The third-order valence-electron chi connectivity index (χ3n) is 6.59. The minimum Gasteiger partial charge on any atom is -0.357 e. The molecule has 6 nitrogen and oxygen atoms in total. The lowest BCUT2D eigenvalue weighted by molar-refractivity contribution is -0.138. The van der Waals surface area contributed by atoms with Gasteiger partial charge in [0.15, 0.2) is 5.96 Å². The van der Waals surface area contributed by atoms with Gasteiger partial charge >= 0.3 is 0 Å². The van der Waals surface area contributed by atoms with Crippen molar-refractivity contribution >= 4 is 35.8 Å². The fourth-order valence-corrected chi connectivity index (χ4v) is 5.12. The van der Waals surface area contributed by atoms with E-state index in [0.717, 1.165) is 57.2 Å². The summed E-state index contributed by atoms with van der Waals surface area (Å²) in [5, 5.41) is 3.49. The van der Waals surface area contributed by atoms with E-state index in [9.17, 15) is 4.79 Å². The Balaban J connectivity index is 0.00000280. The number of aliphatic imine (C=N–C) groups is 1. The van der Waals surface area contributed by atoms with Crippen molar-refractivity contribution in [2.45, 2.75) is 51.9 Å². The van der Waals surface area contributed by atoms with E-state index in [2.05, 4.69) is 22.0 Å². The second kappa shape index (κ2) is 11.0. The zero-order valence-corrected chi connectivity index (χ0v) is 20.4. The van der Waals surface area contributed by atoms with Crippen molar-refractivity contribution in [1.29, 1.82) is 0 Å². The first-order valence-electron chi connectivity index (χ1n) is 11.0. The summed E-state index contributed by atoms with van der Waals surface area (Å²) in [4.78, 5) is 24.6. The first-order chi connectivity index (χ1) is 13.0. The SMILES string of the molecule is CCNC(=NCC1(C(=O)N(C)C)CCCC1)N1CCC(CN2CCCC2)C1.I. The Kier molecular flexibility index (Phi) is 9.31. The van der Waals surface area contributed by atoms with Gasteiger partial charge in [0.2, 0.25) is 5.91 Å². The summed E-state index contributed by atoms with van der Waals surface area (Å²) in [5.74, 6) is 2.02. The Morgan fingerprint density at radius 3 is 2.43 bits per heavy atom. The summed E-state index contributed by atoms with van der Waals surface area (Å²) in [5.41, 5.74) is -0.279. The molecular formula is C21H40IN5O. The topological polar surface area (TPSA) is 51.2 Å². The smallest absolute Gasteiger partial charge is 0.230 e. The van der Waals surface area contributed by atoms with E-state index in [1.54, 1.807) is 4.90 Å². The number of nitrogens with zero attached hydrogens (tertiary/aromatic N) is 4. The highest BCUT2D eigenvalue weighted by Gasteiger charge is 2.42. The Labute approximate surface area is 188 Å². The van der Waals surface area contributed by atoms with Crippen LogP contribution in [0, 0.1) is 11.3 Å². The van der Waals surface area contributed by atoms with Crippen molar-refractivity contribution in [2.24, 2.45) is 16.3 Å². The Bertz CT molecular complexity index is 527. The van der Waals surface area contributed by atoms with Crippen LogP contribution in [0.4, 0.5) is 0 Å². The molecule has 0 aromatic rings. The normalized spacial score (nSPS) is 25.0. The Morgan fingerprint density at radius 1 is 1.14 bits per heavy atom. The maximum absolute atomic E-state index is 12.8. The van der Waals surface area contributed by atoms with E-state index in [-0.39, 0.29) is 35.3 Å². The fraction of sp³-hybridized carbons (Fsp3) is 0.905. The van der Waals surface area contributed by atoms with Crippen LogP contribution < -0.4 is 5.32 Å². The molecule has 1 amide bonds. The number of carbonyl (C=O) groups is 1. The quantitative estimate of drug-likeness (QED) is 0.343. The van der Waals surface area contributed by atoms with Crippen LogP contribution in [0.25, 0.3) is 0 Å². The molecule has 0 spiro atoms. The molecule has 7 heteroatoms. The number of likely N-dealkylation sites (tertiary alicyclic amines) is 2. The molecule has 2 heterocycles. The summed E-state index contributed by atoms with van der Waals surface area (Å²) in [7, 11) is 3.75. The van der Waals surface area contributed by atoms with Crippen LogP contribution >= 0.6 is 24.0 Å². The molecule has 1 aliphatic carbocycles. The van der Waals surface area contributed by atoms with Gasteiger partial charge < -0.3 is 20.0 Å². The maximum Gasteiger partial charge on any atom is 0.230 e. The summed E-state index contributed by atoms with van der Waals surface area (Å²) in [6.45, 7) is 9.60. The van der Waals surface area contributed by atoms with E-state index in [4.69, 9.17) is 4.99 Å². The van der Waals surface area contributed by atoms with E-state index in [1.165, 1.54) is 38.9 Å². The highest BCUT2D eigenvalue weighted by atomic mass is 127. The van der Waals surface area contributed by atoms with Crippen molar-refractivity contribution in [3.05, 3.63) is 0 Å². The number of carbonyl (C=O) groups excluding carboxylic acids is 1. The lowest BCUT2D eigenvalue weighted by Crippen LogP contribution is -2.44. The number of hydrogen-bond acceptors (Lipinski definition) is 3. The third kappa shape index (κ3) is 5.74. The van der Waals surface area contributed by atoms with E-state index in [1.807, 2.05) is 14.1 Å². The summed E-state index contributed by atoms with van der Waals surface area (Å²) in [6.07, 6.45) is 8.23. The minimum absolute atomic E-state index is 0. The molecule has 3 fully saturated rings. The molecule has 1 saturated carbocycles. The molecule has 0 bridgehead atoms. The van der Waals surface area contributed by atoms with Crippen LogP contribution in [0.5, 0.6) is 0 Å². The molecule has 28 heavy (non-hydrogen) atoms. The van der Waals surface area contributed by atoms with Crippen molar-refractivity contribution in [2.75, 3.05) is 59.9 Å². The first kappa shape index (κ1) is 23.7. The zero-order valence-electron chi connectivity index (χ0n) is 18.1. The average molecular weight is 505 g/mol. The maximum atomic E-state index is 12.8. The van der Waals surface area contributed by atoms with Gasteiger partial charge in [-0.25, -0.2) is 0 Å². The molecule has 3 aliphatic rings. The van der Waals surface area contributed by atoms with Gasteiger partial charge in [0, 0.05) is 40.3 Å². The summed E-state index contributed by atoms with van der Waals surface area (Å²) >= 11 is 0. The summed E-state index contributed by atoms with van der Waals surface area (Å²) in [6, 6.07) is 0. The average Bonchev–Trinajstić information content (AvgIpc) is 3.41. The molecule has 1 atom stereocenters. The van der Waals surface area contributed by atoms with Crippen LogP contribution in [0.3, 0.4) is 0 Å². The number of halogens is 1. The molecule has 0 aromatic heterocycles. The third-order valence-corrected chi connectivity index (χ3v) is 6.59. The lowest BCUT2D eigenvalue weighted by atomic mass is 9.85. The van der Waals surface area contributed by atoms with Crippen LogP contribution in [0.2, 0.25) is 0 Å². The molecular weight excluding hydrogens is 465 g/mol. The molecule has 1 unspecified atom stereocenters. The molecule has 162 valence electrons. The van der Waals surface area contributed by atoms with Crippen LogP contribution in [0.15, 0.2) is 4.99 Å². The molecule has 3 rings (SSSR count). The standard InChI is InChI=1S/C21H39N5O.HI/c1-4-22-20(23-17-21(10-5-6-11-21)19(27)24(2)3)26-14-9-18(16-26)15-25-12-7-8-13-25;/h18H,4-17H2,1-3H3,(H,22,23);1H. The second-order valence-electron chi connectivity index (χ2n) is 8.97. The lowest BCUT2D eigenvalue weighted by Gasteiger charge is -2.30. The van der Waals surface area contributed by atoms with E-state index < -0.39 is 0 Å². The van der Waals surface area contributed by atoms with Crippen molar-refractivity contribution < 1.29 is 4.79 Å². The number of guanidine groups is 1. The van der Waals surface area contributed by atoms with Crippen LogP contribution in [0.1, 0.15) is 51.9 Å². The monoisotopic (exact) mass is 505 g/mol. The van der Waals surface area contributed by atoms with E-state index >= 15 is 0 Å². The summed E-state index contributed by atoms with van der Waals surface area (Å²) < 4.78 is 0. The van der Waals surface area contributed by atoms with Gasteiger partial charge in [-0.3, -0.25) is 9.79 Å². The van der Waals surface area contributed by atoms with Crippen LogP contribution in [-0.2, 0) is 4.79 Å². The van der Waals surface area contributed by atoms with Gasteiger partial charge in [0.05, 0.1) is 12.0 Å². The van der Waals surface area contributed by atoms with Gasteiger partial charge in [-0.2, -0.15) is 0 Å². The number of nitrogens with one attached hydrogen (secondary N) is 1. The highest BCUT2D eigenvalue weighted by molar-refractivity contribution is 14.0. The molecule has 2 saturated heterocycles. The molecule has 0 aromatic carbocycles. The zero-order chi connectivity index (χ0) is 19.3. The van der Waals surface area contributed by atoms with Gasteiger partial charge in [-0.1, -0.05) is 12.8 Å². The number of hydrogen-bond donors (Lipinski definition) is 1.